The first kappa shape index (κ1) is 19.4. The summed E-state index contributed by atoms with van der Waals surface area (Å²) < 4.78 is 6.44. The van der Waals surface area contributed by atoms with E-state index in [1.165, 1.54) is 5.56 Å². The van der Waals surface area contributed by atoms with Crippen LogP contribution in [-0.4, -0.2) is 17.6 Å². The van der Waals surface area contributed by atoms with Gasteiger partial charge in [0, 0.05) is 11.0 Å². The minimum absolute atomic E-state index is 0.284. The first-order valence-corrected chi connectivity index (χ1v) is 9.26. The van der Waals surface area contributed by atoms with Gasteiger partial charge in [0.2, 0.25) is 0 Å². The van der Waals surface area contributed by atoms with Gasteiger partial charge in [-0.3, -0.25) is 10.1 Å². The van der Waals surface area contributed by atoms with E-state index in [0.717, 1.165) is 16.5 Å². The van der Waals surface area contributed by atoms with Crippen LogP contribution in [0.4, 0.5) is 0 Å². The molecule has 0 radical (unpaired) electrons. The SMILES string of the molecule is CCCOc1ccc(Br)cc1C(=O)NC(=S)NCc1ccc(C)cc1. The molecule has 0 saturated carbocycles. The van der Waals surface area contributed by atoms with Crippen molar-refractivity contribution in [1.29, 1.82) is 0 Å². The van der Waals surface area contributed by atoms with Gasteiger partial charge >= 0.3 is 0 Å². The molecule has 4 nitrogen and oxygen atoms in total. The third-order valence-corrected chi connectivity index (χ3v) is 4.19. The highest BCUT2D eigenvalue weighted by Gasteiger charge is 2.14. The van der Waals surface area contributed by atoms with Crippen LogP contribution in [0.3, 0.4) is 0 Å². The Morgan fingerprint density at radius 3 is 2.60 bits per heavy atom. The molecule has 2 aromatic carbocycles. The van der Waals surface area contributed by atoms with Crippen LogP contribution < -0.4 is 15.4 Å². The average Bonchev–Trinajstić information content (AvgIpc) is 2.60. The lowest BCUT2D eigenvalue weighted by molar-refractivity contribution is 0.0972. The van der Waals surface area contributed by atoms with Crippen molar-refractivity contribution in [2.45, 2.75) is 26.8 Å². The Labute approximate surface area is 162 Å². The van der Waals surface area contributed by atoms with Crippen LogP contribution in [0.15, 0.2) is 46.9 Å². The van der Waals surface area contributed by atoms with Gasteiger partial charge < -0.3 is 10.1 Å². The maximum absolute atomic E-state index is 12.5. The lowest BCUT2D eigenvalue weighted by atomic mass is 10.1. The highest BCUT2D eigenvalue weighted by Crippen LogP contribution is 2.23. The van der Waals surface area contributed by atoms with E-state index in [9.17, 15) is 4.79 Å². The predicted molar refractivity (Wildman–Crippen MR) is 108 cm³/mol. The van der Waals surface area contributed by atoms with E-state index >= 15 is 0 Å². The van der Waals surface area contributed by atoms with Gasteiger partial charge in [0.15, 0.2) is 5.11 Å². The number of hydrogen-bond acceptors (Lipinski definition) is 3. The summed E-state index contributed by atoms with van der Waals surface area (Å²) in [5, 5.41) is 6.03. The van der Waals surface area contributed by atoms with E-state index in [4.69, 9.17) is 17.0 Å². The number of benzene rings is 2. The molecule has 0 unspecified atom stereocenters. The van der Waals surface area contributed by atoms with Gasteiger partial charge in [0.25, 0.3) is 5.91 Å². The average molecular weight is 421 g/mol. The van der Waals surface area contributed by atoms with Crippen molar-refractivity contribution >= 4 is 39.2 Å². The van der Waals surface area contributed by atoms with Crippen molar-refractivity contribution in [2.75, 3.05) is 6.61 Å². The number of hydrogen-bond donors (Lipinski definition) is 2. The normalized spacial score (nSPS) is 10.2. The van der Waals surface area contributed by atoms with Gasteiger partial charge in [-0.25, -0.2) is 0 Å². The molecule has 2 aromatic rings. The minimum Gasteiger partial charge on any atom is -0.493 e. The summed E-state index contributed by atoms with van der Waals surface area (Å²) >= 11 is 8.61. The first-order valence-electron chi connectivity index (χ1n) is 8.06. The van der Waals surface area contributed by atoms with Crippen molar-refractivity contribution < 1.29 is 9.53 Å². The van der Waals surface area contributed by atoms with Crippen LogP contribution in [0.2, 0.25) is 0 Å². The predicted octanol–water partition coefficient (Wildman–Crippen LogP) is 4.35. The third-order valence-electron chi connectivity index (χ3n) is 3.45. The maximum Gasteiger partial charge on any atom is 0.261 e. The Morgan fingerprint density at radius 1 is 1.20 bits per heavy atom. The molecule has 0 atom stereocenters. The topological polar surface area (TPSA) is 50.4 Å². The van der Waals surface area contributed by atoms with Gasteiger partial charge in [-0.05, 0) is 49.3 Å². The first-order chi connectivity index (χ1) is 12.0. The molecule has 0 spiro atoms. The molecule has 6 heteroatoms. The number of ether oxygens (including phenoxy) is 1. The molecule has 25 heavy (non-hydrogen) atoms. The summed E-state index contributed by atoms with van der Waals surface area (Å²) in [7, 11) is 0. The van der Waals surface area contributed by atoms with Crippen molar-refractivity contribution in [3.63, 3.8) is 0 Å². The number of halogens is 1. The van der Waals surface area contributed by atoms with Gasteiger partial charge in [-0.15, -0.1) is 0 Å². The second-order valence-electron chi connectivity index (χ2n) is 5.61. The Balaban J connectivity index is 1.97. The number of carbonyl (C=O) groups excluding carboxylic acids is 1. The minimum atomic E-state index is -0.297. The summed E-state index contributed by atoms with van der Waals surface area (Å²) in [6.45, 7) is 5.16. The molecule has 0 bridgehead atoms. The molecule has 2 N–H and O–H groups in total. The van der Waals surface area contributed by atoms with Crippen LogP contribution in [0.25, 0.3) is 0 Å². The zero-order valence-electron chi connectivity index (χ0n) is 14.3. The van der Waals surface area contributed by atoms with Crippen molar-refractivity contribution in [3.8, 4) is 5.75 Å². The molecule has 0 saturated heterocycles. The lowest BCUT2D eigenvalue weighted by Gasteiger charge is -2.13. The van der Waals surface area contributed by atoms with Gasteiger partial charge in [0.05, 0.1) is 12.2 Å². The fraction of sp³-hybridized carbons (Fsp3) is 0.263. The number of thiocarbonyl (C=S) groups is 1. The molecule has 1 amide bonds. The molecule has 0 aromatic heterocycles. The zero-order valence-corrected chi connectivity index (χ0v) is 16.7. The summed E-state index contributed by atoms with van der Waals surface area (Å²) in [5.41, 5.74) is 2.74. The largest absolute Gasteiger partial charge is 0.493 e. The smallest absolute Gasteiger partial charge is 0.261 e. The standard InChI is InChI=1S/C19H21BrN2O2S/c1-3-10-24-17-9-8-15(20)11-16(17)18(23)22-19(25)21-12-14-6-4-13(2)5-7-14/h4-9,11H,3,10,12H2,1-2H3,(H2,21,22,23,25). The molecule has 0 fully saturated rings. The number of amides is 1. The van der Waals surface area contributed by atoms with E-state index < -0.39 is 0 Å². The fourth-order valence-corrected chi connectivity index (χ4v) is 2.65. The summed E-state index contributed by atoms with van der Waals surface area (Å²) in [6.07, 6.45) is 0.869. The Hall–Kier alpha value is -1.92. The number of carbonyl (C=O) groups is 1. The summed E-state index contributed by atoms with van der Waals surface area (Å²) in [5.74, 6) is 0.248. The Morgan fingerprint density at radius 2 is 1.92 bits per heavy atom. The van der Waals surface area contributed by atoms with Crippen LogP contribution in [0, 0.1) is 6.92 Å². The van der Waals surface area contributed by atoms with Gasteiger partial charge in [-0.2, -0.15) is 0 Å². The lowest BCUT2D eigenvalue weighted by Crippen LogP contribution is -2.39. The second-order valence-corrected chi connectivity index (χ2v) is 6.94. The summed E-state index contributed by atoms with van der Waals surface area (Å²) in [6, 6.07) is 13.5. The molecule has 2 rings (SSSR count). The molecular formula is C19H21BrN2O2S. The van der Waals surface area contributed by atoms with Crippen molar-refractivity contribution in [1.82, 2.24) is 10.6 Å². The monoisotopic (exact) mass is 420 g/mol. The van der Waals surface area contributed by atoms with Gasteiger partial charge in [0.1, 0.15) is 5.75 Å². The number of rotatable bonds is 6. The quantitative estimate of drug-likeness (QED) is 0.681. The number of nitrogens with one attached hydrogen (secondary N) is 2. The zero-order chi connectivity index (χ0) is 18.2. The van der Waals surface area contributed by atoms with E-state index in [2.05, 4.69) is 26.6 Å². The summed E-state index contributed by atoms with van der Waals surface area (Å²) in [4.78, 5) is 12.5. The number of aryl methyl sites for hydroxylation is 1. The maximum atomic E-state index is 12.5. The van der Waals surface area contributed by atoms with Crippen molar-refractivity contribution in [2.24, 2.45) is 0 Å². The van der Waals surface area contributed by atoms with Crippen LogP contribution in [-0.2, 0) is 6.54 Å². The van der Waals surface area contributed by atoms with Gasteiger partial charge in [-0.1, -0.05) is 52.7 Å². The van der Waals surface area contributed by atoms with E-state index in [1.54, 1.807) is 12.1 Å². The molecule has 132 valence electrons. The fourth-order valence-electron chi connectivity index (χ4n) is 2.12. The second kappa shape index (κ2) is 9.53. The third kappa shape index (κ3) is 6.14. The molecule has 0 aliphatic carbocycles. The molecule has 0 aliphatic heterocycles. The highest BCUT2D eigenvalue weighted by atomic mass is 79.9. The van der Waals surface area contributed by atoms with E-state index in [0.29, 0.717) is 24.5 Å². The van der Waals surface area contributed by atoms with Crippen LogP contribution in [0.1, 0.15) is 34.8 Å². The van der Waals surface area contributed by atoms with E-state index in [-0.39, 0.29) is 11.0 Å². The Bertz CT molecular complexity index is 748. The molecule has 0 aliphatic rings. The Kier molecular flexibility index (Phi) is 7.40. The van der Waals surface area contributed by atoms with Crippen molar-refractivity contribution in [3.05, 3.63) is 63.6 Å². The van der Waals surface area contributed by atoms with E-state index in [1.807, 2.05) is 44.2 Å². The highest BCUT2D eigenvalue weighted by molar-refractivity contribution is 9.10. The molecule has 0 heterocycles. The molecular weight excluding hydrogens is 400 g/mol. The van der Waals surface area contributed by atoms with Crippen LogP contribution >= 0.6 is 28.1 Å². The van der Waals surface area contributed by atoms with Crippen LogP contribution in [0.5, 0.6) is 5.75 Å².